The van der Waals surface area contributed by atoms with E-state index in [2.05, 4.69) is 6.08 Å². The summed E-state index contributed by atoms with van der Waals surface area (Å²) in [4.78, 5) is 0. The topological polar surface area (TPSA) is 60.7 Å². The van der Waals surface area contributed by atoms with Crippen LogP contribution in [0.25, 0.3) is 0 Å². The predicted molar refractivity (Wildman–Crippen MR) is 77.4 cm³/mol. The molecule has 0 amide bonds. The molecule has 0 aliphatic heterocycles. The van der Waals surface area contributed by atoms with Gasteiger partial charge in [0.05, 0.1) is 6.61 Å². The number of phenolic OH excluding ortho intramolecular Hbond substituents is 2. The van der Waals surface area contributed by atoms with Gasteiger partial charge in [0, 0.05) is 11.5 Å². The van der Waals surface area contributed by atoms with E-state index in [0.29, 0.717) is 5.56 Å². The Labute approximate surface area is 114 Å². The number of allylic oxidation sites excluding steroid dienone is 3. The smallest absolute Gasteiger partial charge is 0.161 e. The molecular weight excluding hydrogens is 240 g/mol. The van der Waals surface area contributed by atoms with E-state index >= 15 is 0 Å². The van der Waals surface area contributed by atoms with Crippen molar-refractivity contribution < 1.29 is 15.3 Å². The van der Waals surface area contributed by atoms with Gasteiger partial charge in [0.25, 0.3) is 0 Å². The zero-order valence-electron chi connectivity index (χ0n) is 11.7. The number of benzene rings is 1. The minimum Gasteiger partial charge on any atom is -0.504 e. The maximum absolute atomic E-state index is 9.99. The van der Waals surface area contributed by atoms with Crippen molar-refractivity contribution in [2.45, 2.75) is 33.1 Å². The van der Waals surface area contributed by atoms with Gasteiger partial charge < -0.3 is 15.3 Å². The molecule has 0 aliphatic carbocycles. The van der Waals surface area contributed by atoms with Crippen LogP contribution < -0.4 is 0 Å². The fraction of sp³-hybridized carbons (Fsp3) is 0.375. The number of hydrogen-bond acceptors (Lipinski definition) is 3. The van der Waals surface area contributed by atoms with Crippen molar-refractivity contribution in [3.63, 3.8) is 0 Å². The molecule has 3 heteroatoms. The van der Waals surface area contributed by atoms with Gasteiger partial charge in [-0.05, 0) is 33.3 Å². The van der Waals surface area contributed by atoms with E-state index in [9.17, 15) is 10.2 Å². The lowest BCUT2D eigenvalue weighted by molar-refractivity contribution is 0.341. The summed E-state index contributed by atoms with van der Waals surface area (Å²) in [5.74, 6) is -0.244. The van der Waals surface area contributed by atoms with Gasteiger partial charge >= 0.3 is 0 Å². The first-order valence-electron chi connectivity index (χ1n) is 6.39. The lowest BCUT2D eigenvalue weighted by atomic mass is 9.87. The molecule has 1 aromatic carbocycles. The minimum atomic E-state index is -0.114. The maximum Gasteiger partial charge on any atom is 0.161 e. The van der Waals surface area contributed by atoms with Gasteiger partial charge in [-0.25, -0.2) is 0 Å². The van der Waals surface area contributed by atoms with Crippen LogP contribution in [-0.4, -0.2) is 21.9 Å². The fourth-order valence-electron chi connectivity index (χ4n) is 2.03. The number of aromatic hydroxyl groups is 2. The Morgan fingerprint density at radius 3 is 2.42 bits per heavy atom. The zero-order valence-corrected chi connectivity index (χ0v) is 11.7. The van der Waals surface area contributed by atoms with Gasteiger partial charge in [-0.1, -0.05) is 35.4 Å². The summed E-state index contributed by atoms with van der Waals surface area (Å²) < 4.78 is 0. The van der Waals surface area contributed by atoms with Crippen molar-refractivity contribution in [2.24, 2.45) is 0 Å². The molecule has 0 saturated carbocycles. The molecule has 0 aromatic heterocycles. The van der Waals surface area contributed by atoms with Crippen molar-refractivity contribution in [3.8, 4) is 11.5 Å². The van der Waals surface area contributed by atoms with Crippen LogP contribution in [0.2, 0.25) is 0 Å². The number of rotatable bonds is 5. The molecule has 0 heterocycles. The molecule has 0 radical (unpaired) electrons. The average molecular weight is 262 g/mol. The van der Waals surface area contributed by atoms with E-state index in [4.69, 9.17) is 5.11 Å². The molecule has 1 atom stereocenters. The third kappa shape index (κ3) is 4.14. The molecule has 0 bridgehead atoms. The third-order valence-corrected chi connectivity index (χ3v) is 3.15. The van der Waals surface area contributed by atoms with Crippen LogP contribution in [0, 0.1) is 0 Å². The Kier molecular flexibility index (Phi) is 5.64. The standard InChI is InChI=1S/C16H22O3/c1-11(2)7-8-13(12(3)9-10-17)14-5-4-6-15(18)16(14)19/h4-7,9,13,17-19H,8,10H2,1-3H3/b12-9+. The Balaban J connectivity index is 3.19. The van der Waals surface area contributed by atoms with E-state index in [1.54, 1.807) is 18.2 Å². The molecule has 0 spiro atoms. The average Bonchev–Trinajstić information content (AvgIpc) is 2.34. The fourth-order valence-corrected chi connectivity index (χ4v) is 2.03. The number of phenols is 2. The number of hydrogen-bond donors (Lipinski definition) is 3. The Bertz CT molecular complexity index is 483. The van der Waals surface area contributed by atoms with Crippen molar-refractivity contribution in [1.29, 1.82) is 0 Å². The lowest BCUT2D eigenvalue weighted by Crippen LogP contribution is -2.01. The Morgan fingerprint density at radius 2 is 1.84 bits per heavy atom. The summed E-state index contributed by atoms with van der Waals surface area (Å²) in [6.07, 6.45) is 4.54. The van der Waals surface area contributed by atoms with Crippen LogP contribution in [-0.2, 0) is 0 Å². The van der Waals surface area contributed by atoms with E-state index in [0.717, 1.165) is 12.0 Å². The summed E-state index contributed by atoms with van der Waals surface area (Å²) >= 11 is 0. The summed E-state index contributed by atoms with van der Waals surface area (Å²) in [7, 11) is 0. The van der Waals surface area contributed by atoms with E-state index < -0.39 is 0 Å². The van der Waals surface area contributed by atoms with Crippen LogP contribution in [0.5, 0.6) is 11.5 Å². The quantitative estimate of drug-likeness (QED) is 0.562. The molecular formula is C16H22O3. The second-order valence-corrected chi connectivity index (χ2v) is 4.92. The summed E-state index contributed by atoms with van der Waals surface area (Å²) in [6, 6.07) is 4.97. The minimum absolute atomic E-state index is 0.0310. The highest BCUT2D eigenvalue weighted by molar-refractivity contribution is 5.48. The van der Waals surface area contributed by atoms with Crippen molar-refractivity contribution in [3.05, 3.63) is 47.1 Å². The normalized spacial score (nSPS) is 13.2. The first kappa shape index (κ1) is 15.3. The zero-order chi connectivity index (χ0) is 14.4. The maximum atomic E-state index is 9.99. The van der Waals surface area contributed by atoms with Gasteiger partial charge in [-0.3, -0.25) is 0 Å². The van der Waals surface area contributed by atoms with Crippen molar-refractivity contribution in [2.75, 3.05) is 6.61 Å². The molecule has 1 unspecified atom stereocenters. The molecule has 19 heavy (non-hydrogen) atoms. The molecule has 0 saturated heterocycles. The second kappa shape index (κ2) is 7.00. The van der Waals surface area contributed by atoms with Gasteiger partial charge in [0.15, 0.2) is 11.5 Å². The molecule has 104 valence electrons. The highest BCUT2D eigenvalue weighted by Gasteiger charge is 2.18. The molecule has 1 rings (SSSR count). The highest BCUT2D eigenvalue weighted by Crippen LogP contribution is 2.38. The number of aliphatic hydroxyl groups excluding tert-OH is 1. The Hall–Kier alpha value is -1.74. The number of para-hydroxylation sites is 1. The van der Waals surface area contributed by atoms with Crippen molar-refractivity contribution >= 4 is 0 Å². The SMILES string of the molecule is CC(C)=CCC(/C(C)=C/CO)c1cccc(O)c1O. The molecule has 0 aliphatic rings. The number of aliphatic hydroxyl groups is 1. The largest absolute Gasteiger partial charge is 0.504 e. The monoisotopic (exact) mass is 262 g/mol. The molecule has 0 fully saturated rings. The molecule has 3 nitrogen and oxygen atoms in total. The van der Waals surface area contributed by atoms with Crippen LogP contribution in [0.4, 0.5) is 0 Å². The van der Waals surface area contributed by atoms with Crippen LogP contribution in [0.3, 0.4) is 0 Å². The van der Waals surface area contributed by atoms with Crippen LogP contribution >= 0.6 is 0 Å². The van der Waals surface area contributed by atoms with Gasteiger partial charge in [0.1, 0.15) is 0 Å². The van der Waals surface area contributed by atoms with E-state index in [1.807, 2.05) is 20.8 Å². The van der Waals surface area contributed by atoms with Crippen LogP contribution in [0.1, 0.15) is 38.7 Å². The summed E-state index contributed by atoms with van der Waals surface area (Å²) in [5, 5.41) is 28.6. The van der Waals surface area contributed by atoms with Gasteiger partial charge in [-0.2, -0.15) is 0 Å². The molecule has 3 N–H and O–H groups in total. The van der Waals surface area contributed by atoms with E-state index in [-0.39, 0.29) is 24.0 Å². The van der Waals surface area contributed by atoms with Gasteiger partial charge in [-0.15, -0.1) is 0 Å². The van der Waals surface area contributed by atoms with Gasteiger partial charge in [0.2, 0.25) is 0 Å². The van der Waals surface area contributed by atoms with E-state index in [1.165, 1.54) is 11.6 Å². The predicted octanol–water partition coefficient (Wildman–Crippen LogP) is 3.48. The summed E-state index contributed by atoms with van der Waals surface area (Å²) in [5.41, 5.74) is 2.85. The van der Waals surface area contributed by atoms with Crippen LogP contribution in [0.15, 0.2) is 41.5 Å². The first-order valence-corrected chi connectivity index (χ1v) is 6.39. The highest BCUT2D eigenvalue weighted by atomic mass is 16.3. The van der Waals surface area contributed by atoms with Crippen molar-refractivity contribution in [1.82, 2.24) is 0 Å². The molecule has 1 aromatic rings. The third-order valence-electron chi connectivity index (χ3n) is 3.15. The lowest BCUT2D eigenvalue weighted by Gasteiger charge is -2.19. The second-order valence-electron chi connectivity index (χ2n) is 4.92. The summed E-state index contributed by atoms with van der Waals surface area (Å²) in [6.45, 7) is 5.93. The first-order chi connectivity index (χ1) is 8.97. The Morgan fingerprint density at radius 1 is 1.16 bits per heavy atom.